The van der Waals surface area contributed by atoms with Crippen molar-refractivity contribution in [2.45, 2.75) is 62.9 Å². The summed E-state index contributed by atoms with van der Waals surface area (Å²) in [5.74, 6) is 9.33. The molecule has 1 spiro atoms. The number of quaternary nitrogens is 1. The third-order valence-electron chi connectivity index (χ3n) is 7.27. The first-order valence-electron chi connectivity index (χ1n) is 9.12. The van der Waals surface area contributed by atoms with Crippen LogP contribution in [0.1, 0.15) is 51.9 Å². The van der Waals surface area contributed by atoms with E-state index < -0.39 is 14.4 Å². The van der Waals surface area contributed by atoms with Crippen LogP contribution < -0.4 is 5.06 Å². The standard InChI is InChI=1S/C18H27NO3S2/c1-17(4-3-7-23-24(2,21)22)5-6-18(19(17)20)15-9-13-8-14(11-15)12-16(18)10-13/h13-16,19H,5-12H2,1-2H3. The van der Waals surface area contributed by atoms with Crippen LogP contribution >= 0.6 is 10.8 Å². The summed E-state index contributed by atoms with van der Waals surface area (Å²) < 4.78 is 22.4. The number of hydrogen-bond acceptors (Lipinski definition) is 4. The third-order valence-corrected chi connectivity index (χ3v) is 9.60. The normalized spacial score (nSPS) is 49.4. The predicted octanol–water partition coefficient (Wildman–Crippen LogP) is 1.81. The first-order valence-corrected chi connectivity index (χ1v) is 12.5. The van der Waals surface area contributed by atoms with Gasteiger partial charge in [-0.3, -0.25) is 0 Å². The zero-order valence-corrected chi connectivity index (χ0v) is 16.1. The Morgan fingerprint density at radius 3 is 2.25 bits per heavy atom. The van der Waals surface area contributed by atoms with Gasteiger partial charge in [-0.1, -0.05) is 5.92 Å². The topological polar surface area (TPSA) is 61.6 Å². The van der Waals surface area contributed by atoms with Crippen molar-refractivity contribution < 1.29 is 13.5 Å². The van der Waals surface area contributed by atoms with Gasteiger partial charge >= 0.3 is 0 Å². The fraction of sp³-hybridized carbons (Fsp3) is 0.889. The summed E-state index contributed by atoms with van der Waals surface area (Å²) >= 11 is 0. The van der Waals surface area contributed by atoms with Crippen LogP contribution in [0, 0.1) is 40.7 Å². The van der Waals surface area contributed by atoms with Crippen molar-refractivity contribution in [3.63, 3.8) is 0 Å². The second kappa shape index (κ2) is 5.64. The number of rotatable bonds is 2. The Labute approximate surface area is 149 Å². The summed E-state index contributed by atoms with van der Waals surface area (Å²) in [6, 6.07) is 0. The summed E-state index contributed by atoms with van der Waals surface area (Å²) in [7, 11) is -2.21. The lowest BCUT2D eigenvalue weighted by Gasteiger charge is -2.62. The van der Waals surface area contributed by atoms with Gasteiger partial charge < -0.3 is 10.3 Å². The predicted molar refractivity (Wildman–Crippen MR) is 96.8 cm³/mol. The molecule has 2 unspecified atom stereocenters. The molecule has 5 rings (SSSR count). The maximum absolute atomic E-state index is 13.5. The zero-order valence-electron chi connectivity index (χ0n) is 14.5. The van der Waals surface area contributed by atoms with E-state index in [0.717, 1.165) is 35.5 Å². The highest BCUT2D eigenvalue weighted by Crippen LogP contribution is 2.60. The van der Waals surface area contributed by atoms with Gasteiger partial charge in [-0.2, -0.15) is 0 Å². The first kappa shape index (κ1) is 17.2. The van der Waals surface area contributed by atoms with Crippen LogP contribution in [0.15, 0.2) is 0 Å². The smallest absolute Gasteiger partial charge is 0.199 e. The maximum Gasteiger partial charge on any atom is 0.199 e. The molecule has 1 saturated heterocycles. The van der Waals surface area contributed by atoms with E-state index in [-0.39, 0.29) is 11.3 Å². The summed E-state index contributed by atoms with van der Waals surface area (Å²) in [5, 5.41) is 13.9. The van der Waals surface area contributed by atoms with E-state index in [9.17, 15) is 13.6 Å². The molecular weight excluding hydrogens is 342 g/mol. The molecule has 0 aromatic carbocycles. The molecular formula is C18H27NO3S2. The van der Waals surface area contributed by atoms with Crippen LogP contribution in [-0.2, 0) is 8.87 Å². The highest BCUT2D eigenvalue weighted by atomic mass is 33.1. The number of nitrogens with one attached hydrogen (secondary N) is 1. The molecule has 134 valence electrons. The summed E-state index contributed by atoms with van der Waals surface area (Å²) in [6.45, 7) is 1.99. The molecule has 1 aliphatic heterocycles. The van der Waals surface area contributed by atoms with Crippen LogP contribution in [0.3, 0.4) is 0 Å². The van der Waals surface area contributed by atoms with Crippen molar-refractivity contribution in [2.75, 3.05) is 12.0 Å². The molecule has 4 saturated carbocycles. The lowest BCUT2D eigenvalue weighted by atomic mass is 9.48. The van der Waals surface area contributed by atoms with Crippen LogP contribution in [-0.4, -0.2) is 31.5 Å². The largest absolute Gasteiger partial charge is 0.633 e. The van der Waals surface area contributed by atoms with Gasteiger partial charge in [-0.15, -0.1) is 0 Å². The lowest BCUT2D eigenvalue weighted by Crippen LogP contribution is -3.22. The van der Waals surface area contributed by atoms with Crippen molar-refractivity contribution in [1.29, 1.82) is 0 Å². The van der Waals surface area contributed by atoms with E-state index in [1.165, 1.54) is 38.4 Å². The SMILES string of the molecule is CC1(C#CCSS(C)(=O)=O)CCC2(C3CC4CC(C3)CC2C4)[NH+]1[O-]. The number of hydrogen-bond donors (Lipinski definition) is 1. The molecule has 24 heavy (non-hydrogen) atoms. The monoisotopic (exact) mass is 369 g/mol. The van der Waals surface area contributed by atoms with Crippen molar-refractivity contribution in [1.82, 2.24) is 0 Å². The summed E-state index contributed by atoms with van der Waals surface area (Å²) in [6.07, 6.45) is 9.48. The molecule has 4 bridgehead atoms. The molecule has 4 aliphatic carbocycles. The third kappa shape index (κ3) is 2.63. The molecule has 2 atom stereocenters. The average Bonchev–Trinajstić information content (AvgIpc) is 2.74. The molecule has 6 heteroatoms. The van der Waals surface area contributed by atoms with E-state index in [0.29, 0.717) is 16.9 Å². The summed E-state index contributed by atoms with van der Waals surface area (Å²) in [5.41, 5.74) is -0.658. The molecule has 0 aromatic rings. The van der Waals surface area contributed by atoms with Crippen LogP contribution in [0.2, 0.25) is 0 Å². The fourth-order valence-electron chi connectivity index (χ4n) is 6.49. The van der Waals surface area contributed by atoms with E-state index in [4.69, 9.17) is 0 Å². The molecule has 0 amide bonds. The van der Waals surface area contributed by atoms with Crippen LogP contribution in [0.5, 0.6) is 0 Å². The second-order valence-corrected chi connectivity index (χ2v) is 13.2. The van der Waals surface area contributed by atoms with Gasteiger partial charge in [0, 0.05) is 37.9 Å². The maximum atomic E-state index is 13.5. The lowest BCUT2D eigenvalue weighted by molar-refractivity contribution is -0.942. The van der Waals surface area contributed by atoms with E-state index >= 15 is 0 Å². The summed E-state index contributed by atoms with van der Waals surface area (Å²) in [4.78, 5) is 0. The van der Waals surface area contributed by atoms with Gasteiger partial charge in [0.2, 0.25) is 0 Å². The van der Waals surface area contributed by atoms with Gasteiger partial charge in [0.1, 0.15) is 5.54 Å². The Bertz CT molecular complexity index is 665. The average molecular weight is 370 g/mol. The molecule has 1 heterocycles. The second-order valence-electron chi connectivity index (χ2n) is 8.77. The van der Waals surface area contributed by atoms with Gasteiger partial charge in [0.25, 0.3) is 0 Å². The number of hydroxylamine groups is 2. The minimum atomic E-state index is -3.06. The van der Waals surface area contributed by atoms with Gasteiger partial charge in [-0.05, 0) is 60.7 Å². The Morgan fingerprint density at radius 1 is 1.12 bits per heavy atom. The van der Waals surface area contributed by atoms with Crippen molar-refractivity contribution >= 4 is 19.7 Å². The van der Waals surface area contributed by atoms with Crippen molar-refractivity contribution in [2.24, 2.45) is 23.7 Å². The van der Waals surface area contributed by atoms with Crippen LogP contribution in [0.4, 0.5) is 0 Å². The van der Waals surface area contributed by atoms with Crippen molar-refractivity contribution in [3.8, 4) is 11.8 Å². The molecule has 1 N–H and O–H groups in total. The minimum absolute atomic E-state index is 0.0964. The highest BCUT2D eigenvalue weighted by molar-refractivity contribution is 8.71. The zero-order chi connectivity index (χ0) is 17.2. The molecule has 4 nitrogen and oxygen atoms in total. The van der Waals surface area contributed by atoms with E-state index in [1.807, 2.05) is 6.92 Å². The molecule has 0 aromatic heterocycles. The molecule has 5 fully saturated rings. The molecule has 5 aliphatic rings. The minimum Gasteiger partial charge on any atom is -0.633 e. The quantitative estimate of drug-likeness (QED) is 0.458. The van der Waals surface area contributed by atoms with Gasteiger partial charge in [0.05, 0.1) is 5.75 Å². The van der Waals surface area contributed by atoms with Crippen molar-refractivity contribution in [3.05, 3.63) is 5.21 Å². The Kier molecular flexibility index (Phi) is 4.04. The Hall–Kier alpha value is -0.220. The van der Waals surface area contributed by atoms with E-state index in [1.54, 1.807) is 0 Å². The Balaban J connectivity index is 1.54. The fourth-order valence-corrected chi connectivity index (χ4v) is 7.65. The van der Waals surface area contributed by atoms with Gasteiger partial charge in [-0.25, -0.2) is 8.42 Å². The first-order chi connectivity index (χ1) is 11.2. The van der Waals surface area contributed by atoms with E-state index in [2.05, 4.69) is 11.8 Å². The molecule has 0 radical (unpaired) electrons. The van der Waals surface area contributed by atoms with Crippen LogP contribution in [0.25, 0.3) is 0 Å². The Morgan fingerprint density at radius 2 is 1.71 bits per heavy atom. The van der Waals surface area contributed by atoms with Gasteiger partial charge in [0.15, 0.2) is 14.4 Å². The highest BCUT2D eigenvalue weighted by Gasteiger charge is 2.66.